The molecule has 0 unspecified atom stereocenters. The number of benzene rings is 1. The SMILES string of the molecule is CNc1cc(C)nc(NCCCN2CCC(Oc3ccc(Cl)c(Cl)c3)CC2)n1. The molecule has 1 saturated heterocycles. The number of anilines is 2. The van der Waals surface area contributed by atoms with Gasteiger partial charge in [-0.1, -0.05) is 23.2 Å². The molecule has 2 aromatic rings. The van der Waals surface area contributed by atoms with Gasteiger partial charge in [-0.3, -0.25) is 0 Å². The first-order chi connectivity index (χ1) is 13.5. The number of ether oxygens (including phenoxy) is 1. The molecule has 3 rings (SSSR count). The maximum Gasteiger partial charge on any atom is 0.224 e. The van der Waals surface area contributed by atoms with Gasteiger partial charge < -0.3 is 20.3 Å². The zero-order valence-corrected chi connectivity index (χ0v) is 17.9. The van der Waals surface area contributed by atoms with Crippen LogP contribution in [0.15, 0.2) is 24.3 Å². The third kappa shape index (κ3) is 6.12. The molecule has 0 saturated carbocycles. The molecule has 8 heteroatoms. The van der Waals surface area contributed by atoms with E-state index in [-0.39, 0.29) is 6.10 Å². The summed E-state index contributed by atoms with van der Waals surface area (Å²) in [5.74, 6) is 2.30. The van der Waals surface area contributed by atoms with Crippen molar-refractivity contribution < 1.29 is 4.74 Å². The number of piperidine rings is 1. The fourth-order valence-electron chi connectivity index (χ4n) is 3.27. The highest BCUT2D eigenvalue weighted by molar-refractivity contribution is 6.42. The number of halogens is 2. The predicted molar refractivity (Wildman–Crippen MR) is 116 cm³/mol. The Morgan fingerprint density at radius 1 is 1.14 bits per heavy atom. The van der Waals surface area contributed by atoms with Gasteiger partial charge in [0.05, 0.1) is 10.0 Å². The lowest BCUT2D eigenvalue weighted by molar-refractivity contribution is 0.100. The lowest BCUT2D eigenvalue weighted by atomic mass is 10.1. The van der Waals surface area contributed by atoms with Gasteiger partial charge in [0.15, 0.2) is 0 Å². The Morgan fingerprint density at radius 2 is 1.93 bits per heavy atom. The third-order valence-corrected chi connectivity index (χ3v) is 5.51. The summed E-state index contributed by atoms with van der Waals surface area (Å²) >= 11 is 12.0. The molecule has 2 heterocycles. The Labute approximate surface area is 176 Å². The van der Waals surface area contributed by atoms with Crippen molar-refractivity contribution in [2.45, 2.75) is 32.3 Å². The molecule has 152 valence electrons. The van der Waals surface area contributed by atoms with Crippen LogP contribution in [-0.2, 0) is 0 Å². The van der Waals surface area contributed by atoms with E-state index >= 15 is 0 Å². The van der Waals surface area contributed by atoms with Gasteiger partial charge in [-0.15, -0.1) is 0 Å². The second kappa shape index (κ2) is 10.1. The van der Waals surface area contributed by atoms with Crippen LogP contribution in [0.4, 0.5) is 11.8 Å². The number of rotatable bonds is 8. The Hall–Kier alpha value is -1.76. The van der Waals surface area contributed by atoms with E-state index in [1.54, 1.807) is 12.1 Å². The molecule has 0 spiro atoms. The lowest BCUT2D eigenvalue weighted by Gasteiger charge is -2.32. The molecule has 6 nitrogen and oxygen atoms in total. The average molecular weight is 424 g/mol. The second-order valence-electron chi connectivity index (χ2n) is 6.98. The van der Waals surface area contributed by atoms with E-state index in [1.165, 1.54) is 0 Å². The van der Waals surface area contributed by atoms with Crippen molar-refractivity contribution in [2.75, 3.05) is 43.9 Å². The number of aromatic nitrogens is 2. The van der Waals surface area contributed by atoms with Crippen LogP contribution in [-0.4, -0.2) is 54.2 Å². The van der Waals surface area contributed by atoms with Crippen LogP contribution in [0, 0.1) is 6.92 Å². The van der Waals surface area contributed by atoms with Crippen LogP contribution in [0.2, 0.25) is 10.0 Å². The van der Waals surface area contributed by atoms with Crippen LogP contribution in [0.25, 0.3) is 0 Å². The summed E-state index contributed by atoms with van der Waals surface area (Å²) in [5.41, 5.74) is 0.950. The van der Waals surface area contributed by atoms with Gasteiger partial charge >= 0.3 is 0 Å². The molecule has 0 radical (unpaired) electrons. The van der Waals surface area contributed by atoms with Gasteiger partial charge in [0, 0.05) is 44.5 Å². The molecule has 0 bridgehead atoms. The summed E-state index contributed by atoms with van der Waals surface area (Å²) in [6, 6.07) is 7.36. The summed E-state index contributed by atoms with van der Waals surface area (Å²) in [4.78, 5) is 11.3. The summed E-state index contributed by atoms with van der Waals surface area (Å²) in [6.07, 6.45) is 3.30. The number of aryl methyl sites for hydroxylation is 1. The average Bonchev–Trinajstić information content (AvgIpc) is 2.69. The van der Waals surface area contributed by atoms with Crippen molar-refractivity contribution in [1.82, 2.24) is 14.9 Å². The first-order valence-electron chi connectivity index (χ1n) is 9.65. The normalized spacial score (nSPS) is 15.4. The minimum absolute atomic E-state index is 0.229. The Kier molecular flexibility index (Phi) is 7.59. The number of nitrogens with one attached hydrogen (secondary N) is 2. The minimum atomic E-state index is 0.229. The molecule has 1 aromatic carbocycles. The van der Waals surface area contributed by atoms with Crippen LogP contribution in [0.1, 0.15) is 25.0 Å². The predicted octanol–water partition coefficient (Wildman–Crippen LogP) is 4.48. The molecule has 1 aliphatic rings. The van der Waals surface area contributed by atoms with Crippen molar-refractivity contribution >= 4 is 35.0 Å². The molecular weight excluding hydrogens is 397 g/mol. The van der Waals surface area contributed by atoms with E-state index in [1.807, 2.05) is 26.1 Å². The van der Waals surface area contributed by atoms with Crippen LogP contribution >= 0.6 is 23.2 Å². The van der Waals surface area contributed by atoms with Crippen molar-refractivity contribution in [3.05, 3.63) is 40.0 Å². The molecule has 2 N–H and O–H groups in total. The first-order valence-corrected chi connectivity index (χ1v) is 10.4. The fourth-order valence-corrected chi connectivity index (χ4v) is 3.56. The highest BCUT2D eigenvalue weighted by atomic mass is 35.5. The van der Waals surface area contributed by atoms with E-state index in [0.717, 1.165) is 62.7 Å². The molecule has 0 amide bonds. The number of hydrogen-bond donors (Lipinski definition) is 2. The van der Waals surface area contributed by atoms with Crippen molar-refractivity contribution in [3.63, 3.8) is 0 Å². The number of nitrogens with zero attached hydrogens (tertiary/aromatic N) is 3. The van der Waals surface area contributed by atoms with Gasteiger partial charge in [-0.2, -0.15) is 4.98 Å². The van der Waals surface area contributed by atoms with Crippen LogP contribution in [0.3, 0.4) is 0 Å². The highest BCUT2D eigenvalue weighted by Gasteiger charge is 2.20. The van der Waals surface area contributed by atoms with Gasteiger partial charge in [0.2, 0.25) is 5.95 Å². The van der Waals surface area contributed by atoms with E-state index < -0.39 is 0 Å². The van der Waals surface area contributed by atoms with Crippen molar-refractivity contribution in [2.24, 2.45) is 0 Å². The highest BCUT2D eigenvalue weighted by Crippen LogP contribution is 2.28. The molecule has 0 atom stereocenters. The van der Waals surface area contributed by atoms with Crippen LogP contribution in [0.5, 0.6) is 5.75 Å². The summed E-state index contributed by atoms with van der Waals surface area (Å²) in [5, 5.41) is 7.45. The first kappa shape index (κ1) is 21.0. The standard InChI is InChI=1S/C20H27Cl2N5O/c1-14-12-19(23-2)26-20(25-14)24-8-3-9-27-10-6-15(7-11-27)28-16-4-5-17(21)18(22)13-16/h4-5,12-13,15H,3,6-11H2,1-2H3,(H2,23,24,25,26). The molecule has 1 aliphatic heterocycles. The van der Waals surface area contributed by atoms with Crippen molar-refractivity contribution in [3.8, 4) is 5.75 Å². The zero-order valence-electron chi connectivity index (χ0n) is 16.3. The fraction of sp³-hybridized carbons (Fsp3) is 0.500. The Bertz CT molecular complexity index is 781. The summed E-state index contributed by atoms with van der Waals surface area (Å²) < 4.78 is 6.05. The number of likely N-dealkylation sites (tertiary alicyclic amines) is 1. The molecule has 1 aromatic heterocycles. The van der Waals surface area contributed by atoms with Crippen LogP contribution < -0.4 is 15.4 Å². The van der Waals surface area contributed by atoms with Gasteiger partial charge in [0.1, 0.15) is 17.7 Å². The van der Waals surface area contributed by atoms with Gasteiger partial charge in [-0.05, 0) is 44.9 Å². The Balaban J connectivity index is 1.35. The smallest absolute Gasteiger partial charge is 0.224 e. The zero-order chi connectivity index (χ0) is 19.9. The number of hydrogen-bond acceptors (Lipinski definition) is 6. The van der Waals surface area contributed by atoms with Crippen molar-refractivity contribution in [1.29, 1.82) is 0 Å². The minimum Gasteiger partial charge on any atom is -0.490 e. The monoisotopic (exact) mass is 423 g/mol. The van der Waals surface area contributed by atoms with E-state index in [4.69, 9.17) is 27.9 Å². The molecule has 0 aliphatic carbocycles. The molecular formula is C20H27Cl2N5O. The Morgan fingerprint density at radius 3 is 2.64 bits per heavy atom. The largest absolute Gasteiger partial charge is 0.490 e. The lowest BCUT2D eigenvalue weighted by Crippen LogP contribution is -2.39. The topological polar surface area (TPSA) is 62.3 Å². The second-order valence-corrected chi connectivity index (χ2v) is 7.80. The molecule has 1 fully saturated rings. The maximum absolute atomic E-state index is 6.06. The van der Waals surface area contributed by atoms with E-state index in [0.29, 0.717) is 16.0 Å². The third-order valence-electron chi connectivity index (χ3n) is 4.77. The van der Waals surface area contributed by atoms with E-state index in [2.05, 4.69) is 25.5 Å². The van der Waals surface area contributed by atoms with Gasteiger partial charge in [0.25, 0.3) is 0 Å². The van der Waals surface area contributed by atoms with Gasteiger partial charge in [-0.25, -0.2) is 4.98 Å². The summed E-state index contributed by atoms with van der Waals surface area (Å²) in [6.45, 7) is 5.95. The van der Waals surface area contributed by atoms with E-state index in [9.17, 15) is 0 Å². The maximum atomic E-state index is 6.06. The summed E-state index contributed by atoms with van der Waals surface area (Å²) in [7, 11) is 1.86. The quantitative estimate of drug-likeness (QED) is 0.610. The molecule has 28 heavy (non-hydrogen) atoms.